The number of ether oxygens (including phenoxy) is 1. The van der Waals surface area contributed by atoms with E-state index in [0.29, 0.717) is 36.2 Å². The molecule has 0 aliphatic rings. The highest BCUT2D eigenvalue weighted by Crippen LogP contribution is 2.26. The summed E-state index contributed by atoms with van der Waals surface area (Å²) in [6.07, 6.45) is 0.404. The molecule has 0 fully saturated rings. The Morgan fingerprint density at radius 1 is 0.919 bits per heavy atom. The Morgan fingerprint density at radius 3 is 2.16 bits per heavy atom. The standard InChI is InChI=1S/C31H37ClN2O3/c1-21(2)18-33-31(36)28(17-25-12-7-6-8-13-25)34(19-26-14-10-9-11-22(26)3)29(35)20-37-27-15-23(4)30(32)24(5)16-27/h6-16,21,28H,17-20H2,1-5H3,(H,33,36)/t28-/m1/s1. The molecule has 1 atom stereocenters. The second-order valence-corrected chi connectivity index (χ2v) is 10.3. The van der Waals surface area contributed by atoms with Gasteiger partial charge in [-0.1, -0.05) is 80.0 Å². The van der Waals surface area contributed by atoms with E-state index in [0.717, 1.165) is 27.8 Å². The van der Waals surface area contributed by atoms with Crippen molar-refractivity contribution in [3.05, 3.63) is 99.6 Å². The topological polar surface area (TPSA) is 58.6 Å². The number of hydrogen-bond donors (Lipinski definition) is 1. The molecule has 5 nitrogen and oxygen atoms in total. The Kier molecular flexibility index (Phi) is 10.2. The number of aryl methyl sites for hydroxylation is 3. The minimum Gasteiger partial charge on any atom is -0.484 e. The van der Waals surface area contributed by atoms with Crippen LogP contribution in [0.2, 0.25) is 5.02 Å². The van der Waals surface area contributed by atoms with E-state index in [9.17, 15) is 9.59 Å². The van der Waals surface area contributed by atoms with Gasteiger partial charge in [-0.2, -0.15) is 0 Å². The molecule has 3 aromatic carbocycles. The van der Waals surface area contributed by atoms with Crippen molar-refractivity contribution in [3.8, 4) is 5.75 Å². The lowest BCUT2D eigenvalue weighted by Gasteiger charge is -2.32. The summed E-state index contributed by atoms with van der Waals surface area (Å²) in [7, 11) is 0. The average Bonchev–Trinajstić information content (AvgIpc) is 2.88. The molecule has 37 heavy (non-hydrogen) atoms. The van der Waals surface area contributed by atoms with E-state index in [2.05, 4.69) is 5.32 Å². The third-order valence-electron chi connectivity index (χ3n) is 6.33. The first kappa shape index (κ1) is 28.3. The molecule has 0 saturated heterocycles. The monoisotopic (exact) mass is 520 g/mol. The van der Waals surface area contributed by atoms with Gasteiger partial charge < -0.3 is 15.0 Å². The molecule has 3 aromatic rings. The van der Waals surface area contributed by atoms with Crippen LogP contribution in [0.4, 0.5) is 0 Å². The molecular formula is C31H37ClN2O3. The SMILES string of the molecule is Cc1ccccc1CN(C(=O)COc1cc(C)c(Cl)c(C)c1)[C@H](Cc1ccccc1)C(=O)NCC(C)C. The van der Waals surface area contributed by atoms with Gasteiger partial charge in [-0.3, -0.25) is 9.59 Å². The zero-order valence-electron chi connectivity index (χ0n) is 22.4. The van der Waals surface area contributed by atoms with Crippen molar-refractivity contribution in [1.82, 2.24) is 10.2 Å². The number of nitrogens with zero attached hydrogens (tertiary/aromatic N) is 1. The summed E-state index contributed by atoms with van der Waals surface area (Å²) < 4.78 is 5.93. The smallest absolute Gasteiger partial charge is 0.261 e. The summed E-state index contributed by atoms with van der Waals surface area (Å²) in [5.74, 6) is 0.445. The second-order valence-electron chi connectivity index (χ2n) is 9.95. The molecule has 6 heteroatoms. The Morgan fingerprint density at radius 2 is 1.54 bits per heavy atom. The summed E-state index contributed by atoms with van der Waals surface area (Å²) >= 11 is 6.30. The molecule has 0 radical (unpaired) electrons. The summed E-state index contributed by atoms with van der Waals surface area (Å²) in [5.41, 5.74) is 4.81. The lowest BCUT2D eigenvalue weighted by Crippen LogP contribution is -2.52. The Labute approximate surface area is 225 Å². The number of amides is 2. The quantitative estimate of drug-likeness (QED) is 0.334. The first-order valence-corrected chi connectivity index (χ1v) is 13.1. The van der Waals surface area contributed by atoms with Crippen molar-refractivity contribution in [2.24, 2.45) is 5.92 Å². The van der Waals surface area contributed by atoms with E-state index in [1.807, 2.05) is 101 Å². The van der Waals surface area contributed by atoms with E-state index in [1.165, 1.54) is 0 Å². The Balaban J connectivity index is 1.92. The lowest BCUT2D eigenvalue weighted by atomic mass is 10.0. The molecule has 0 spiro atoms. The van der Waals surface area contributed by atoms with Gasteiger partial charge in [0.1, 0.15) is 11.8 Å². The van der Waals surface area contributed by atoms with E-state index in [4.69, 9.17) is 16.3 Å². The van der Waals surface area contributed by atoms with Crippen LogP contribution in [0.25, 0.3) is 0 Å². The van der Waals surface area contributed by atoms with E-state index < -0.39 is 6.04 Å². The maximum atomic E-state index is 13.7. The van der Waals surface area contributed by atoms with Crippen molar-refractivity contribution in [3.63, 3.8) is 0 Å². The van der Waals surface area contributed by atoms with Gasteiger partial charge in [-0.05, 0) is 66.6 Å². The third kappa shape index (κ3) is 8.09. The van der Waals surface area contributed by atoms with Crippen LogP contribution >= 0.6 is 11.6 Å². The fraction of sp³-hybridized carbons (Fsp3) is 0.355. The van der Waals surface area contributed by atoms with Crippen LogP contribution in [0, 0.1) is 26.7 Å². The first-order valence-electron chi connectivity index (χ1n) is 12.7. The number of halogens is 1. The van der Waals surface area contributed by atoms with Crippen LogP contribution in [0.1, 0.15) is 41.7 Å². The molecule has 0 bridgehead atoms. The van der Waals surface area contributed by atoms with Gasteiger partial charge in [0.05, 0.1) is 0 Å². The molecule has 0 saturated carbocycles. The van der Waals surface area contributed by atoms with Gasteiger partial charge in [0, 0.05) is 24.5 Å². The Hall–Kier alpha value is -3.31. The van der Waals surface area contributed by atoms with Crippen LogP contribution < -0.4 is 10.1 Å². The van der Waals surface area contributed by atoms with Gasteiger partial charge in [-0.25, -0.2) is 0 Å². The van der Waals surface area contributed by atoms with Crippen molar-refractivity contribution >= 4 is 23.4 Å². The summed E-state index contributed by atoms with van der Waals surface area (Å²) in [6, 6.07) is 20.7. The molecular weight excluding hydrogens is 484 g/mol. The number of rotatable bonds is 11. The highest BCUT2D eigenvalue weighted by Gasteiger charge is 2.31. The molecule has 2 amide bonds. The Bertz CT molecular complexity index is 1190. The fourth-order valence-corrected chi connectivity index (χ4v) is 4.27. The molecule has 0 unspecified atom stereocenters. The van der Waals surface area contributed by atoms with E-state index >= 15 is 0 Å². The fourth-order valence-electron chi connectivity index (χ4n) is 4.16. The zero-order chi connectivity index (χ0) is 26.9. The number of benzene rings is 3. The van der Waals surface area contributed by atoms with Crippen LogP contribution in [0.5, 0.6) is 5.75 Å². The van der Waals surface area contributed by atoms with Crippen molar-refractivity contribution in [2.75, 3.05) is 13.2 Å². The first-order chi connectivity index (χ1) is 17.7. The number of nitrogens with one attached hydrogen (secondary N) is 1. The third-order valence-corrected chi connectivity index (χ3v) is 6.93. The summed E-state index contributed by atoms with van der Waals surface area (Å²) in [6.45, 7) is 10.6. The molecule has 196 valence electrons. The van der Waals surface area contributed by atoms with Crippen LogP contribution in [-0.2, 0) is 22.6 Å². The van der Waals surface area contributed by atoms with Crippen molar-refractivity contribution < 1.29 is 14.3 Å². The predicted molar refractivity (Wildman–Crippen MR) is 150 cm³/mol. The molecule has 0 aliphatic carbocycles. The molecule has 0 aliphatic heterocycles. The maximum Gasteiger partial charge on any atom is 0.261 e. The average molecular weight is 521 g/mol. The van der Waals surface area contributed by atoms with Crippen LogP contribution in [0.15, 0.2) is 66.7 Å². The minimum absolute atomic E-state index is 0.169. The predicted octanol–water partition coefficient (Wildman–Crippen LogP) is 6.06. The van der Waals surface area contributed by atoms with Crippen LogP contribution in [0.3, 0.4) is 0 Å². The van der Waals surface area contributed by atoms with E-state index in [-0.39, 0.29) is 18.4 Å². The van der Waals surface area contributed by atoms with Crippen LogP contribution in [-0.4, -0.2) is 35.9 Å². The van der Waals surface area contributed by atoms with Gasteiger partial charge in [0.2, 0.25) is 5.91 Å². The van der Waals surface area contributed by atoms with Gasteiger partial charge in [0.15, 0.2) is 6.61 Å². The van der Waals surface area contributed by atoms with Gasteiger partial charge >= 0.3 is 0 Å². The number of carbonyl (C=O) groups is 2. The van der Waals surface area contributed by atoms with Gasteiger partial charge in [-0.15, -0.1) is 0 Å². The molecule has 0 aromatic heterocycles. The molecule has 1 N–H and O–H groups in total. The second kappa shape index (κ2) is 13.3. The number of carbonyl (C=O) groups excluding carboxylic acids is 2. The van der Waals surface area contributed by atoms with Gasteiger partial charge in [0.25, 0.3) is 5.91 Å². The highest BCUT2D eigenvalue weighted by molar-refractivity contribution is 6.32. The maximum absolute atomic E-state index is 13.7. The molecule has 3 rings (SSSR count). The van der Waals surface area contributed by atoms with Crippen molar-refractivity contribution in [2.45, 2.75) is 53.6 Å². The zero-order valence-corrected chi connectivity index (χ0v) is 23.1. The minimum atomic E-state index is -0.689. The normalized spacial score (nSPS) is 11.8. The summed E-state index contributed by atoms with van der Waals surface area (Å²) in [5, 5.41) is 3.73. The largest absolute Gasteiger partial charge is 0.484 e. The lowest BCUT2D eigenvalue weighted by molar-refractivity contribution is -0.142. The highest BCUT2D eigenvalue weighted by atomic mass is 35.5. The van der Waals surface area contributed by atoms with E-state index in [1.54, 1.807) is 4.90 Å². The number of hydrogen-bond acceptors (Lipinski definition) is 3. The molecule has 0 heterocycles. The van der Waals surface area contributed by atoms with Crippen molar-refractivity contribution in [1.29, 1.82) is 0 Å². The summed E-state index contributed by atoms with van der Waals surface area (Å²) in [4.78, 5) is 28.9.